The molecule has 0 aliphatic rings. The second-order valence-electron chi connectivity index (χ2n) is 4.23. The summed E-state index contributed by atoms with van der Waals surface area (Å²) >= 11 is 0. The number of ether oxygens (including phenoxy) is 1. The number of benzene rings is 1. The Balaban J connectivity index is 1.78. The van der Waals surface area contributed by atoms with Crippen molar-refractivity contribution in [2.45, 2.75) is 6.61 Å². The van der Waals surface area contributed by atoms with Crippen LogP contribution in [0.4, 0.5) is 4.79 Å². The molecule has 0 aliphatic carbocycles. The third-order valence-corrected chi connectivity index (χ3v) is 2.67. The van der Waals surface area contributed by atoms with Gasteiger partial charge >= 0.3 is 6.09 Å². The molecule has 1 N–H and O–H groups in total. The molecule has 22 heavy (non-hydrogen) atoms. The second-order valence-corrected chi connectivity index (χ2v) is 4.23. The van der Waals surface area contributed by atoms with Crippen LogP contribution in [-0.2, 0) is 11.3 Å². The van der Waals surface area contributed by atoms with E-state index in [9.17, 15) is 4.79 Å². The van der Waals surface area contributed by atoms with Gasteiger partial charge in [0.05, 0.1) is 12.1 Å². The van der Waals surface area contributed by atoms with Gasteiger partial charge in [-0.15, -0.1) is 0 Å². The first-order valence-corrected chi connectivity index (χ1v) is 6.58. The minimum absolute atomic E-state index is 0.132. The van der Waals surface area contributed by atoms with E-state index < -0.39 is 6.09 Å². The summed E-state index contributed by atoms with van der Waals surface area (Å²) in [5, 5.41) is 11.4. The van der Waals surface area contributed by atoms with Gasteiger partial charge in [-0.25, -0.2) is 9.78 Å². The fourth-order valence-corrected chi connectivity index (χ4v) is 1.63. The van der Waals surface area contributed by atoms with Crippen LogP contribution in [0.25, 0.3) is 0 Å². The lowest BCUT2D eigenvalue weighted by molar-refractivity contribution is 0.141. The summed E-state index contributed by atoms with van der Waals surface area (Å²) < 4.78 is 5.04. The number of pyridine rings is 1. The van der Waals surface area contributed by atoms with Crippen LogP contribution in [0.1, 0.15) is 16.8 Å². The minimum atomic E-state index is -0.537. The van der Waals surface area contributed by atoms with E-state index in [0.717, 1.165) is 5.56 Å². The highest BCUT2D eigenvalue weighted by Gasteiger charge is 2.00. The second kappa shape index (κ2) is 8.08. The van der Waals surface area contributed by atoms with Crippen LogP contribution in [0, 0.1) is 23.2 Å². The van der Waals surface area contributed by atoms with Crippen LogP contribution in [0.2, 0.25) is 0 Å². The van der Waals surface area contributed by atoms with E-state index in [1.165, 1.54) is 6.20 Å². The average Bonchev–Trinajstić information content (AvgIpc) is 2.58. The number of hydrogen-bond donors (Lipinski definition) is 1. The molecule has 0 fully saturated rings. The fraction of sp³-hybridized carbons (Fsp3) is 0.118. The zero-order valence-electron chi connectivity index (χ0n) is 11.7. The van der Waals surface area contributed by atoms with E-state index in [1.807, 2.05) is 36.4 Å². The molecular formula is C17H13N3O2. The predicted molar refractivity (Wildman–Crippen MR) is 80.5 cm³/mol. The van der Waals surface area contributed by atoms with Crippen LogP contribution in [0.3, 0.4) is 0 Å². The first-order chi connectivity index (χ1) is 10.8. The van der Waals surface area contributed by atoms with Gasteiger partial charge in [0.25, 0.3) is 0 Å². The molecule has 0 saturated carbocycles. The van der Waals surface area contributed by atoms with Crippen LogP contribution >= 0.6 is 0 Å². The van der Waals surface area contributed by atoms with Gasteiger partial charge in [0.1, 0.15) is 12.7 Å². The molecule has 0 spiro atoms. The molecule has 0 atom stereocenters. The van der Waals surface area contributed by atoms with E-state index in [0.29, 0.717) is 5.56 Å². The lowest BCUT2D eigenvalue weighted by Crippen LogP contribution is -2.24. The van der Waals surface area contributed by atoms with Gasteiger partial charge < -0.3 is 10.1 Å². The highest BCUT2D eigenvalue weighted by Crippen LogP contribution is 2.01. The minimum Gasteiger partial charge on any atom is -0.445 e. The molecular weight excluding hydrogens is 278 g/mol. The van der Waals surface area contributed by atoms with Crippen molar-refractivity contribution in [3.8, 4) is 17.9 Å². The van der Waals surface area contributed by atoms with Gasteiger partial charge in [-0.1, -0.05) is 42.2 Å². The van der Waals surface area contributed by atoms with Crippen molar-refractivity contribution < 1.29 is 9.53 Å². The number of nitrogens with zero attached hydrogens (tertiary/aromatic N) is 2. The van der Waals surface area contributed by atoms with Crippen molar-refractivity contribution in [1.29, 1.82) is 5.26 Å². The molecule has 108 valence electrons. The Morgan fingerprint density at radius 2 is 2.05 bits per heavy atom. The Hall–Kier alpha value is -3.31. The third-order valence-electron chi connectivity index (χ3n) is 2.67. The summed E-state index contributed by atoms with van der Waals surface area (Å²) in [4.78, 5) is 15.4. The highest BCUT2D eigenvalue weighted by molar-refractivity contribution is 5.67. The van der Waals surface area contributed by atoms with E-state index in [4.69, 9.17) is 10.00 Å². The van der Waals surface area contributed by atoms with Gasteiger partial charge in [-0.2, -0.15) is 5.26 Å². The van der Waals surface area contributed by atoms with Crippen molar-refractivity contribution in [1.82, 2.24) is 10.3 Å². The Bertz CT molecular complexity index is 740. The molecule has 1 heterocycles. The number of amides is 1. The van der Waals surface area contributed by atoms with Gasteiger partial charge in [-0.05, 0) is 17.7 Å². The summed E-state index contributed by atoms with van der Waals surface area (Å²) in [5.41, 5.74) is 1.71. The zero-order valence-corrected chi connectivity index (χ0v) is 11.7. The van der Waals surface area contributed by atoms with Gasteiger partial charge in [0.15, 0.2) is 5.69 Å². The Morgan fingerprint density at radius 3 is 2.82 bits per heavy atom. The number of rotatable bonds is 3. The molecule has 0 saturated heterocycles. The first-order valence-electron chi connectivity index (χ1n) is 6.58. The molecule has 1 aromatic heterocycles. The maximum atomic E-state index is 11.5. The van der Waals surface area contributed by atoms with E-state index in [1.54, 1.807) is 12.1 Å². The molecule has 5 heteroatoms. The normalized spacial score (nSPS) is 9.05. The molecule has 1 aromatic carbocycles. The standard InChI is InChI=1S/C17H13N3O2/c18-12-16-15(8-4-10-19-16)9-5-11-20-17(21)22-13-14-6-2-1-3-7-14/h1-4,6-8,10H,11,13H2,(H,20,21). The number of nitrogens with one attached hydrogen (secondary N) is 1. The molecule has 1 amide bonds. The largest absolute Gasteiger partial charge is 0.445 e. The summed E-state index contributed by atoms with van der Waals surface area (Å²) in [7, 11) is 0. The van der Waals surface area contributed by atoms with Crippen LogP contribution in [0.5, 0.6) is 0 Å². The van der Waals surface area contributed by atoms with Crippen LogP contribution in [-0.4, -0.2) is 17.6 Å². The number of alkyl carbamates (subject to hydrolysis) is 1. The van der Waals surface area contributed by atoms with Gasteiger partial charge in [-0.3, -0.25) is 0 Å². The monoisotopic (exact) mass is 291 g/mol. The zero-order chi connectivity index (χ0) is 15.6. The number of hydrogen-bond acceptors (Lipinski definition) is 4. The number of carbonyl (C=O) groups excluding carboxylic acids is 1. The summed E-state index contributed by atoms with van der Waals surface area (Å²) in [6.07, 6.45) is 0.994. The van der Waals surface area contributed by atoms with Crippen molar-refractivity contribution in [3.05, 3.63) is 65.5 Å². The molecule has 0 unspecified atom stereocenters. The van der Waals surface area contributed by atoms with Gasteiger partial charge in [0.2, 0.25) is 0 Å². The summed E-state index contributed by atoms with van der Waals surface area (Å²) in [6, 6.07) is 14.8. The van der Waals surface area contributed by atoms with Crippen molar-refractivity contribution >= 4 is 6.09 Å². The molecule has 0 bridgehead atoms. The Kier molecular flexibility index (Phi) is 5.54. The Morgan fingerprint density at radius 1 is 1.23 bits per heavy atom. The summed E-state index contributed by atoms with van der Waals surface area (Å²) in [6.45, 7) is 0.342. The lowest BCUT2D eigenvalue weighted by Gasteiger charge is -2.04. The topological polar surface area (TPSA) is 75.0 Å². The van der Waals surface area contributed by atoms with Gasteiger partial charge in [0, 0.05) is 6.20 Å². The van der Waals surface area contributed by atoms with Crippen LogP contribution in [0.15, 0.2) is 48.7 Å². The lowest BCUT2D eigenvalue weighted by atomic mass is 10.2. The molecule has 0 aliphatic heterocycles. The highest BCUT2D eigenvalue weighted by atomic mass is 16.5. The first kappa shape index (κ1) is 15.1. The Labute approximate surface area is 128 Å². The molecule has 2 rings (SSSR count). The van der Waals surface area contributed by atoms with E-state index in [2.05, 4.69) is 22.1 Å². The van der Waals surface area contributed by atoms with E-state index >= 15 is 0 Å². The quantitative estimate of drug-likeness (QED) is 0.880. The number of carbonyl (C=O) groups is 1. The van der Waals surface area contributed by atoms with Crippen molar-refractivity contribution in [2.75, 3.05) is 6.54 Å². The number of nitriles is 1. The summed E-state index contributed by atoms with van der Waals surface area (Å²) in [5.74, 6) is 5.54. The smallest absolute Gasteiger partial charge is 0.408 e. The maximum absolute atomic E-state index is 11.5. The van der Waals surface area contributed by atoms with Crippen LogP contribution < -0.4 is 5.32 Å². The average molecular weight is 291 g/mol. The number of aromatic nitrogens is 1. The molecule has 2 aromatic rings. The maximum Gasteiger partial charge on any atom is 0.408 e. The predicted octanol–water partition coefficient (Wildman–Crippen LogP) is 2.23. The van der Waals surface area contributed by atoms with E-state index in [-0.39, 0.29) is 18.8 Å². The third kappa shape index (κ3) is 4.66. The SMILES string of the molecule is N#Cc1ncccc1C#CCNC(=O)OCc1ccccc1. The van der Waals surface area contributed by atoms with Crippen molar-refractivity contribution in [2.24, 2.45) is 0 Å². The molecule has 0 radical (unpaired) electrons. The fourth-order valence-electron chi connectivity index (χ4n) is 1.63. The van der Waals surface area contributed by atoms with Crippen molar-refractivity contribution in [3.63, 3.8) is 0 Å². The molecule has 5 nitrogen and oxygen atoms in total.